The highest BCUT2D eigenvalue weighted by Gasteiger charge is 2.58. The molecule has 172 valence electrons. The molecular weight excluding hydrogens is 436 g/mol. The summed E-state index contributed by atoms with van der Waals surface area (Å²) in [5, 5.41) is 19.8. The molecule has 1 unspecified atom stereocenters. The van der Waals surface area contributed by atoms with E-state index in [-0.39, 0.29) is 11.5 Å². The highest BCUT2D eigenvalue weighted by molar-refractivity contribution is 5.64. The molecule has 0 fully saturated rings. The molecule has 0 amide bonds. The Kier molecular flexibility index (Phi) is 6.12. The van der Waals surface area contributed by atoms with E-state index in [4.69, 9.17) is 0 Å². The summed E-state index contributed by atoms with van der Waals surface area (Å²) in [6.45, 7) is 2.19. The molecule has 1 aliphatic rings. The average Bonchev–Trinajstić information content (AvgIpc) is 3.22. The first-order valence-electron chi connectivity index (χ1n) is 12.1. The molecule has 36 heavy (non-hydrogen) atoms. The molecule has 0 bridgehead atoms. The Hall–Kier alpha value is -4.66. The molecular formula is C34H26N2. The predicted octanol–water partition coefficient (Wildman–Crippen LogP) is 7.51. The van der Waals surface area contributed by atoms with Crippen molar-refractivity contribution >= 4 is 0 Å². The van der Waals surface area contributed by atoms with Gasteiger partial charge in [0.15, 0.2) is 0 Å². The molecule has 5 rings (SSSR count). The van der Waals surface area contributed by atoms with Gasteiger partial charge < -0.3 is 0 Å². The maximum Gasteiger partial charge on any atom is 0.126 e. The van der Waals surface area contributed by atoms with Crippen LogP contribution in [0.25, 0.3) is 0 Å². The second kappa shape index (κ2) is 9.53. The Morgan fingerprint density at radius 1 is 0.611 bits per heavy atom. The highest BCUT2D eigenvalue weighted by atomic mass is 14.6. The lowest BCUT2D eigenvalue weighted by Gasteiger charge is -2.45. The standard InChI is InChI=1S/C34H26N2/c1-26-23-33(28-14-6-2-7-15-28,29-16-8-3-9-17-29)32(22-27(24-35)25-36)34(26,30-18-10-4-11-19-30)31-20-12-5-13-21-31/h2-23,32H,1H3. The van der Waals surface area contributed by atoms with E-state index in [1.54, 1.807) is 0 Å². The van der Waals surface area contributed by atoms with Crippen LogP contribution in [0.15, 0.2) is 145 Å². The lowest BCUT2D eigenvalue weighted by molar-refractivity contribution is 0.376. The molecule has 0 saturated heterocycles. The lowest BCUT2D eigenvalue weighted by Crippen LogP contribution is -2.43. The van der Waals surface area contributed by atoms with Gasteiger partial charge in [0.1, 0.15) is 17.7 Å². The second-order valence-corrected chi connectivity index (χ2v) is 9.25. The largest absolute Gasteiger partial charge is 0.192 e. The number of benzene rings is 4. The average molecular weight is 463 g/mol. The molecule has 4 aromatic carbocycles. The van der Waals surface area contributed by atoms with Gasteiger partial charge in [0.2, 0.25) is 0 Å². The maximum atomic E-state index is 9.92. The van der Waals surface area contributed by atoms with Gasteiger partial charge in [0, 0.05) is 16.7 Å². The molecule has 1 aliphatic carbocycles. The first-order valence-corrected chi connectivity index (χ1v) is 12.1. The number of rotatable bonds is 5. The van der Waals surface area contributed by atoms with Crippen molar-refractivity contribution in [2.24, 2.45) is 5.92 Å². The summed E-state index contributed by atoms with van der Waals surface area (Å²) in [6.07, 6.45) is 4.28. The Bertz CT molecular complexity index is 1390. The zero-order chi connectivity index (χ0) is 25.0. The van der Waals surface area contributed by atoms with E-state index in [9.17, 15) is 10.5 Å². The van der Waals surface area contributed by atoms with E-state index in [2.05, 4.69) is 122 Å². The number of allylic oxidation sites excluding steroid dienone is 4. The summed E-state index contributed by atoms with van der Waals surface area (Å²) in [5.74, 6) is -0.270. The van der Waals surface area contributed by atoms with E-state index in [1.807, 2.05) is 30.3 Å². The van der Waals surface area contributed by atoms with E-state index in [0.717, 1.165) is 22.3 Å². The normalized spacial score (nSPS) is 17.3. The number of hydrogen-bond donors (Lipinski definition) is 0. The maximum absolute atomic E-state index is 9.92. The zero-order valence-electron chi connectivity index (χ0n) is 20.2. The highest BCUT2D eigenvalue weighted by Crippen LogP contribution is 2.61. The van der Waals surface area contributed by atoms with Crippen LogP contribution in [0.4, 0.5) is 0 Å². The molecule has 1 atom stereocenters. The summed E-state index contributed by atoms with van der Waals surface area (Å²) in [5.41, 5.74) is 4.64. The van der Waals surface area contributed by atoms with Crippen molar-refractivity contribution in [3.05, 3.63) is 167 Å². The van der Waals surface area contributed by atoms with Crippen LogP contribution in [0.1, 0.15) is 29.2 Å². The smallest absolute Gasteiger partial charge is 0.126 e. The van der Waals surface area contributed by atoms with Crippen molar-refractivity contribution in [3.8, 4) is 12.1 Å². The SMILES string of the molecule is CC1=CC(c2ccccc2)(c2ccccc2)C(C=C(C#N)C#N)C1(c1ccccc1)c1ccccc1. The topological polar surface area (TPSA) is 47.6 Å². The fourth-order valence-electron chi connectivity index (χ4n) is 6.16. The van der Waals surface area contributed by atoms with Crippen LogP contribution in [0.2, 0.25) is 0 Å². The van der Waals surface area contributed by atoms with Crippen LogP contribution >= 0.6 is 0 Å². The quantitative estimate of drug-likeness (QED) is 0.228. The van der Waals surface area contributed by atoms with Crippen molar-refractivity contribution in [1.82, 2.24) is 0 Å². The monoisotopic (exact) mass is 462 g/mol. The van der Waals surface area contributed by atoms with Crippen molar-refractivity contribution in [2.75, 3.05) is 0 Å². The van der Waals surface area contributed by atoms with E-state index in [1.165, 1.54) is 5.57 Å². The third kappa shape index (κ3) is 3.48. The summed E-state index contributed by atoms with van der Waals surface area (Å²) in [4.78, 5) is 0. The van der Waals surface area contributed by atoms with Gasteiger partial charge in [-0.15, -0.1) is 0 Å². The van der Waals surface area contributed by atoms with Gasteiger partial charge in [-0.25, -0.2) is 0 Å². The predicted molar refractivity (Wildman–Crippen MR) is 144 cm³/mol. The molecule has 0 aliphatic heterocycles. The summed E-state index contributed by atoms with van der Waals surface area (Å²) in [7, 11) is 0. The first-order chi connectivity index (χ1) is 17.7. The van der Waals surface area contributed by atoms with Gasteiger partial charge in [-0.2, -0.15) is 10.5 Å². The molecule has 0 radical (unpaired) electrons. The molecule has 4 aromatic rings. The van der Waals surface area contributed by atoms with Gasteiger partial charge in [-0.1, -0.05) is 133 Å². The van der Waals surface area contributed by atoms with Crippen LogP contribution in [0.5, 0.6) is 0 Å². The molecule has 2 nitrogen and oxygen atoms in total. The third-order valence-corrected chi connectivity index (χ3v) is 7.56. The molecule has 0 N–H and O–H groups in total. The van der Waals surface area contributed by atoms with E-state index >= 15 is 0 Å². The molecule has 2 heteroatoms. The summed E-state index contributed by atoms with van der Waals surface area (Å²) >= 11 is 0. The lowest BCUT2D eigenvalue weighted by atomic mass is 9.56. The Morgan fingerprint density at radius 2 is 0.972 bits per heavy atom. The van der Waals surface area contributed by atoms with Gasteiger partial charge in [-0.3, -0.25) is 0 Å². The van der Waals surface area contributed by atoms with Crippen LogP contribution in [-0.4, -0.2) is 0 Å². The van der Waals surface area contributed by atoms with E-state index < -0.39 is 10.8 Å². The number of hydrogen-bond acceptors (Lipinski definition) is 2. The van der Waals surface area contributed by atoms with Gasteiger partial charge in [-0.05, 0) is 35.3 Å². The van der Waals surface area contributed by atoms with E-state index in [0.29, 0.717) is 0 Å². The minimum absolute atomic E-state index is 0.121. The number of nitrogens with zero attached hydrogens (tertiary/aromatic N) is 2. The zero-order valence-corrected chi connectivity index (χ0v) is 20.2. The van der Waals surface area contributed by atoms with Crippen molar-refractivity contribution in [2.45, 2.75) is 17.8 Å². The van der Waals surface area contributed by atoms with Crippen LogP contribution in [0.3, 0.4) is 0 Å². The van der Waals surface area contributed by atoms with Gasteiger partial charge in [0.25, 0.3) is 0 Å². The van der Waals surface area contributed by atoms with Crippen LogP contribution < -0.4 is 0 Å². The van der Waals surface area contributed by atoms with Crippen molar-refractivity contribution in [1.29, 1.82) is 10.5 Å². The molecule has 0 aromatic heterocycles. The summed E-state index contributed by atoms with van der Waals surface area (Å²) < 4.78 is 0. The van der Waals surface area contributed by atoms with Crippen molar-refractivity contribution in [3.63, 3.8) is 0 Å². The fourth-order valence-corrected chi connectivity index (χ4v) is 6.16. The third-order valence-electron chi connectivity index (χ3n) is 7.56. The summed E-state index contributed by atoms with van der Waals surface area (Å²) in [6, 6.07) is 46.2. The van der Waals surface area contributed by atoms with Crippen molar-refractivity contribution < 1.29 is 0 Å². The Labute approximate surface area is 213 Å². The molecule has 0 spiro atoms. The Morgan fingerprint density at radius 3 is 1.33 bits per heavy atom. The molecule has 0 heterocycles. The van der Waals surface area contributed by atoms with Crippen LogP contribution in [0, 0.1) is 28.6 Å². The second-order valence-electron chi connectivity index (χ2n) is 9.25. The van der Waals surface area contributed by atoms with Crippen LogP contribution in [-0.2, 0) is 10.8 Å². The van der Waals surface area contributed by atoms with Gasteiger partial charge in [0.05, 0.1) is 0 Å². The number of nitriles is 2. The first kappa shape index (κ1) is 23.1. The Balaban J connectivity index is 1.97. The van der Waals surface area contributed by atoms with Gasteiger partial charge >= 0.3 is 0 Å². The minimum Gasteiger partial charge on any atom is -0.192 e. The fraction of sp³-hybridized carbons (Fsp3) is 0.118. The minimum atomic E-state index is -0.600. The molecule has 0 saturated carbocycles.